The van der Waals surface area contributed by atoms with Crippen LogP contribution >= 0.6 is 0 Å². The number of allylic oxidation sites excluding steroid dienone is 1. The second-order valence-electron chi connectivity index (χ2n) is 3.83. The predicted octanol–water partition coefficient (Wildman–Crippen LogP) is 3.37. The fourth-order valence-electron chi connectivity index (χ4n) is 1.55. The lowest BCUT2D eigenvalue weighted by atomic mass is 10.1. The van der Waals surface area contributed by atoms with Crippen LogP contribution in [0.15, 0.2) is 36.4 Å². The number of para-hydroxylation sites is 1. The highest BCUT2D eigenvalue weighted by Crippen LogP contribution is 2.25. The Hall–Kier alpha value is -1.68. The van der Waals surface area contributed by atoms with E-state index in [1.54, 1.807) is 24.3 Å². The van der Waals surface area contributed by atoms with Gasteiger partial charge >= 0.3 is 0 Å². The van der Waals surface area contributed by atoms with Gasteiger partial charge in [0.15, 0.2) is 0 Å². The number of nitrogens with zero attached hydrogens (tertiary/aromatic N) is 1. The molecule has 0 spiro atoms. The van der Waals surface area contributed by atoms with Crippen LogP contribution in [0.5, 0.6) is 0 Å². The summed E-state index contributed by atoms with van der Waals surface area (Å²) >= 11 is 0. The minimum Gasteiger partial charge on any atom is -0.384 e. The third kappa shape index (κ3) is 4.00. The quantitative estimate of drug-likeness (QED) is 0.356. The molecule has 1 rings (SSSR count). The van der Waals surface area contributed by atoms with E-state index in [1.165, 1.54) is 6.07 Å². The zero-order valence-corrected chi connectivity index (χ0v) is 9.87. The van der Waals surface area contributed by atoms with Crippen molar-refractivity contribution in [1.82, 2.24) is 0 Å². The summed E-state index contributed by atoms with van der Waals surface area (Å²) in [6, 6.07) is 6.26. The maximum absolute atomic E-state index is 10.8. The molecule has 17 heavy (non-hydrogen) atoms. The van der Waals surface area contributed by atoms with Crippen molar-refractivity contribution in [3.63, 3.8) is 0 Å². The Morgan fingerprint density at radius 1 is 1.47 bits per heavy atom. The minimum atomic E-state index is -0.909. The number of nitro benzene ring substituents is 1. The van der Waals surface area contributed by atoms with Crippen LogP contribution < -0.4 is 0 Å². The largest absolute Gasteiger partial charge is 0.384 e. The third-order valence-corrected chi connectivity index (χ3v) is 2.49. The Kier molecular flexibility index (Phi) is 5.36. The van der Waals surface area contributed by atoms with Gasteiger partial charge in [-0.05, 0) is 12.5 Å². The molecular formula is C13H17NO3. The molecule has 0 aliphatic rings. The molecule has 0 amide bonds. The monoisotopic (exact) mass is 235 g/mol. The lowest BCUT2D eigenvalue weighted by Gasteiger charge is -2.06. The molecule has 1 atom stereocenters. The van der Waals surface area contributed by atoms with E-state index < -0.39 is 11.0 Å². The Morgan fingerprint density at radius 2 is 2.18 bits per heavy atom. The molecule has 1 N–H and O–H groups in total. The number of hydrogen-bond acceptors (Lipinski definition) is 3. The second-order valence-corrected chi connectivity index (χ2v) is 3.83. The molecule has 0 radical (unpaired) electrons. The molecule has 1 aromatic carbocycles. The van der Waals surface area contributed by atoms with E-state index in [9.17, 15) is 15.2 Å². The Morgan fingerprint density at radius 3 is 2.82 bits per heavy atom. The van der Waals surface area contributed by atoms with Gasteiger partial charge in [0.1, 0.15) is 6.10 Å². The molecule has 4 nitrogen and oxygen atoms in total. The summed E-state index contributed by atoms with van der Waals surface area (Å²) in [5.41, 5.74) is 0.297. The molecule has 0 saturated heterocycles. The summed E-state index contributed by atoms with van der Waals surface area (Å²) in [5.74, 6) is 0. The highest BCUT2D eigenvalue weighted by Gasteiger charge is 2.17. The zero-order chi connectivity index (χ0) is 12.7. The van der Waals surface area contributed by atoms with Crippen LogP contribution in [0, 0.1) is 10.1 Å². The third-order valence-electron chi connectivity index (χ3n) is 2.49. The van der Waals surface area contributed by atoms with Crippen LogP contribution in [0.1, 0.15) is 37.9 Å². The van der Waals surface area contributed by atoms with Gasteiger partial charge in [-0.1, -0.05) is 44.1 Å². The van der Waals surface area contributed by atoms with Crippen molar-refractivity contribution in [3.8, 4) is 0 Å². The summed E-state index contributed by atoms with van der Waals surface area (Å²) in [5, 5.41) is 20.6. The van der Waals surface area contributed by atoms with Crippen molar-refractivity contribution in [2.24, 2.45) is 0 Å². The average molecular weight is 235 g/mol. The van der Waals surface area contributed by atoms with E-state index >= 15 is 0 Å². The molecular weight excluding hydrogens is 218 g/mol. The molecule has 1 unspecified atom stereocenters. The van der Waals surface area contributed by atoms with E-state index in [-0.39, 0.29) is 5.69 Å². The highest BCUT2D eigenvalue weighted by molar-refractivity contribution is 5.42. The van der Waals surface area contributed by atoms with Crippen LogP contribution in [-0.4, -0.2) is 10.0 Å². The van der Waals surface area contributed by atoms with Gasteiger partial charge in [-0.15, -0.1) is 0 Å². The van der Waals surface area contributed by atoms with Crippen molar-refractivity contribution in [1.29, 1.82) is 0 Å². The Balaban J connectivity index is 2.78. The van der Waals surface area contributed by atoms with E-state index in [2.05, 4.69) is 6.92 Å². The smallest absolute Gasteiger partial charge is 0.275 e. The number of unbranched alkanes of at least 4 members (excludes halogenated alkanes) is 2. The number of aliphatic hydroxyl groups excluding tert-OH is 1. The summed E-state index contributed by atoms with van der Waals surface area (Å²) < 4.78 is 0. The fraction of sp³-hybridized carbons (Fsp3) is 0.385. The predicted molar refractivity (Wildman–Crippen MR) is 66.7 cm³/mol. The standard InChI is InChI=1S/C13H17NO3/c1-2-3-4-5-10-13(15)11-8-6-7-9-12(11)14(16)17/h5-10,13,15H,2-4H2,1H3/b10-5+. The number of hydrogen-bond donors (Lipinski definition) is 1. The zero-order valence-electron chi connectivity index (χ0n) is 9.87. The van der Waals surface area contributed by atoms with Gasteiger partial charge in [-0.2, -0.15) is 0 Å². The van der Waals surface area contributed by atoms with Crippen LogP contribution in [0.2, 0.25) is 0 Å². The molecule has 0 aromatic heterocycles. The number of aliphatic hydroxyl groups is 1. The Labute approximate surface area is 101 Å². The van der Waals surface area contributed by atoms with Gasteiger partial charge in [0.25, 0.3) is 5.69 Å². The van der Waals surface area contributed by atoms with Crippen LogP contribution in [-0.2, 0) is 0 Å². The molecule has 4 heteroatoms. The number of nitro groups is 1. The van der Waals surface area contributed by atoms with Gasteiger partial charge in [0.2, 0.25) is 0 Å². The van der Waals surface area contributed by atoms with Crippen molar-refractivity contribution >= 4 is 5.69 Å². The summed E-state index contributed by atoms with van der Waals surface area (Å²) in [7, 11) is 0. The van der Waals surface area contributed by atoms with Crippen molar-refractivity contribution in [3.05, 3.63) is 52.1 Å². The SMILES string of the molecule is CCCC/C=C/C(O)c1ccccc1[N+](=O)[O-]. The average Bonchev–Trinajstić information content (AvgIpc) is 2.34. The molecule has 0 heterocycles. The normalized spacial score (nSPS) is 12.8. The highest BCUT2D eigenvalue weighted by atomic mass is 16.6. The molecule has 0 aliphatic carbocycles. The number of rotatable bonds is 6. The van der Waals surface area contributed by atoms with Gasteiger partial charge in [-0.3, -0.25) is 10.1 Å². The molecule has 0 saturated carbocycles. The van der Waals surface area contributed by atoms with Crippen LogP contribution in [0.3, 0.4) is 0 Å². The van der Waals surface area contributed by atoms with E-state index in [0.717, 1.165) is 19.3 Å². The summed E-state index contributed by atoms with van der Waals surface area (Å²) in [6.07, 6.45) is 5.59. The first-order valence-corrected chi connectivity index (χ1v) is 5.75. The lowest BCUT2D eigenvalue weighted by molar-refractivity contribution is -0.386. The maximum Gasteiger partial charge on any atom is 0.275 e. The Bertz CT molecular complexity index is 401. The lowest BCUT2D eigenvalue weighted by Crippen LogP contribution is -1.99. The fourth-order valence-corrected chi connectivity index (χ4v) is 1.55. The van der Waals surface area contributed by atoms with Gasteiger partial charge in [-0.25, -0.2) is 0 Å². The first-order valence-electron chi connectivity index (χ1n) is 5.75. The van der Waals surface area contributed by atoms with Gasteiger partial charge < -0.3 is 5.11 Å². The first-order chi connectivity index (χ1) is 8.16. The second kappa shape index (κ2) is 6.81. The molecule has 1 aromatic rings. The molecule has 92 valence electrons. The molecule has 0 aliphatic heterocycles. The van der Waals surface area contributed by atoms with Gasteiger partial charge in [0.05, 0.1) is 10.5 Å². The van der Waals surface area contributed by atoms with E-state index in [0.29, 0.717) is 5.56 Å². The topological polar surface area (TPSA) is 63.4 Å². The first kappa shape index (κ1) is 13.4. The van der Waals surface area contributed by atoms with Crippen molar-refractivity contribution in [2.75, 3.05) is 0 Å². The number of benzene rings is 1. The summed E-state index contributed by atoms with van der Waals surface area (Å²) in [4.78, 5) is 10.3. The van der Waals surface area contributed by atoms with E-state index in [1.807, 2.05) is 6.08 Å². The van der Waals surface area contributed by atoms with Gasteiger partial charge in [0, 0.05) is 6.07 Å². The van der Waals surface area contributed by atoms with Crippen LogP contribution in [0.25, 0.3) is 0 Å². The summed E-state index contributed by atoms with van der Waals surface area (Å²) in [6.45, 7) is 2.09. The minimum absolute atomic E-state index is 0.0415. The molecule has 0 fully saturated rings. The van der Waals surface area contributed by atoms with Crippen molar-refractivity contribution in [2.45, 2.75) is 32.3 Å². The van der Waals surface area contributed by atoms with Crippen LogP contribution in [0.4, 0.5) is 5.69 Å². The molecule has 0 bridgehead atoms. The maximum atomic E-state index is 10.8. The van der Waals surface area contributed by atoms with E-state index in [4.69, 9.17) is 0 Å². The van der Waals surface area contributed by atoms with Crippen molar-refractivity contribution < 1.29 is 10.0 Å².